The predicted molar refractivity (Wildman–Crippen MR) is 107 cm³/mol. The molecule has 0 saturated carbocycles. The van der Waals surface area contributed by atoms with Gasteiger partial charge >= 0.3 is 17.7 Å². The van der Waals surface area contributed by atoms with Crippen molar-refractivity contribution in [1.82, 2.24) is 19.3 Å². The first kappa shape index (κ1) is 17.9. The number of amidine groups is 1. The average molecular weight is 385 g/mol. The third-order valence-electron chi connectivity index (χ3n) is 3.99. The van der Waals surface area contributed by atoms with Crippen molar-refractivity contribution in [3.05, 3.63) is 59.5 Å². The van der Waals surface area contributed by atoms with Crippen LogP contribution in [-0.4, -0.2) is 49.3 Å². The number of fused-ring (bicyclic) bond motifs is 1. The van der Waals surface area contributed by atoms with Gasteiger partial charge in [-0.3, -0.25) is 9.20 Å². The highest BCUT2D eigenvalue weighted by atomic mass is 16.4. The number of aromatic nitrogens is 3. The molecular weight excluding hydrogens is 372 g/mol. The van der Waals surface area contributed by atoms with Gasteiger partial charge in [-0.2, -0.15) is 0 Å². The zero-order valence-corrected chi connectivity index (χ0v) is 15.1. The lowest BCUT2D eigenvalue weighted by Crippen LogP contribution is -2.23. The normalized spacial score (nSPS) is 12.2. The van der Waals surface area contributed by atoms with Gasteiger partial charge in [0.15, 0.2) is 5.65 Å². The van der Waals surface area contributed by atoms with E-state index in [-0.39, 0.29) is 22.8 Å². The predicted octanol–water partition coefficient (Wildman–Crippen LogP) is 0.777. The highest BCUT2D eigenvalue weighted by Crippen LogP contribution is 2.12. The highest BCUT2D eigenvalue weighted by Gasteiger charge is 2.23. The summed E-state index contributed by atoms with van der Waals surface area (Å²) in [6, 6.07) is 10.0. The SMILES string of the molecule is CC1=[N+]=CC(C(=O)Nc2cccc(C#Cc3nnc4c(C(=O)O)cccn34)c2)=N1. The summed E-state index contributed by atoms with van der Waals surface area (Å²) in [5.74, 6) is 5.21. The molecule has 0 fully saturated rings. The van der Waals surface area contributed by atoms with Crippen LogP contribution >= 0.6 is 0 Å². The molecule has 0 bridgehead atoms. The molecule has 0 spiro atoms. The van der Waals surface area contributed by atoms with Crippen molar-refractivity contribution in [1.29, 1.82) is 0 Å². The first-order chi connectivity index (χ1) is 14.0. The van der Waals surface area contributed by atoms with E-state index < -0.39 is 5.97 Å². The van der Waals surface area contributed by atoms with E-state index in [1.54, 1.807) is 43.5 Å². The van der Waals surface area contributed by atoms with E-state index in [0.29, 0.717) is 22.9 Å². The van der Waals surface area contributed by atoms with Crippen molar-refractivity contribution in [2.75, 3.05) is 5.32 Å². The van der Waals surface area contributed by atoms with E-state index in [0.717, 1.165) is 0 Å². The number of nitrogens with one attached hydrogen (secondary N) is 1. The molecule has 3 aromatic rings. The monoisotopic (exact) mass is 385 g/mol. The van der Waals surface area contributed by atoms with E-state index in [1.165, 1.54) is 16.7 Å². The fraction of sp³-hybridized carbons (Fsp3) is 0.0500. The zero-order chi connectivity index (χ0) is 20.4. The van der Waals surface area contributed by atoms with Crippen LogP contribution in [0.15, 0.2) is 47.6 Å². The Morgan fingerprint density at radius 3 is 2.79 bits per heavy atom. The lowest BCUT2D eigenvalue weighted by atomic mass is 10.2. The van der Waals surface area contributed by atoms with Crippen LogP contribution in [0.3, 0.4) is 0 Å². The van der Waals surface area contributed by atoms with Crippen molar-refractivity contribution in [2.24, 2.45) is 4.99 Å². The van der Waals surface area contributed by atoms with Gasteiger partial charge in [-0.25, -0.2) is 9.46 Å². The molecule has 4 rings (SSSR count). The van der Waals surface area contributed by atoms with Crippen LogP contribution in [-0.2, 0) is 4.79 Å². The van der Waals surface area contributed by atoms with Crippen LogP contribution in [0.1, 0.15) is 28.7 Å². The average Bonchev–Trinajstić information content (AvgIpc) is 3.32. The number of carbonyl (C=O) groups is 2. The van der Waals surface area contributed by atoms with Crippen molar-refractivity contribution < 1.29 is 14.7 Å². The summed E-state index contributed by atoms with van der Waals surface area (Å²) in [6.07, 6.45) is 3.06. The largest absolute Gasteiger partial charge is 0.478 e. The Labute approximate surface area is 164 Å². The van der Waals surface area contributed by atoms with Crippen LogP contribution in [0.2, 0.25) is 0 Å². The standard InChI is InChI=1S/C20H12N6O3/c1-12-21-11-16(22-12)19(27)23-14-5-2-4-13(10-14)7-8-17-24-25-18-15(20(28)29)6-3-9-26(17)18/h2-6,9-11H,1H3,(H-,23,27,28,29)/p+1. The number of aromatic carboxylic acids is 1. The van der Waals surface area contributed by atoms with Crippen molar-refractivity contribution >= 4 is 41.0 Å². The van der Waals surface area contributed by atoms with Gasteiger partial charge in [-0.05, 0) is 41.2 Å². The zero-order valence-electron chi connectivity index (χ0n) is 15.1. The Bertz CT molecular complexity index is 1330. The maximum Gasteiger partial charge on any atom is 0.387 e. The molecule has 1 amide bonds. The molecule has 1 aliphatic rings. The molecule has 1 aliphatic heterocycles. The Kier molecular flexibility index (Phi) is 4.45. The number of carboxylic acid groups (broad SMARTS) is 1. The number of pyridine rings is 1. The minimum absolute atomic E-state index is 0.0450. The van der Waals surface area contributed by atoms with E-state index >= 15 is 0 Å². The highest BCUT2D eigenvalue weighted by molar-refractivity contribution is 6.64. The Morgan fingerprint density at radius 1 is 1.17 bits per heavy atom. The topological polar surface area (TPSA) is 123 Å². The summed E-state index contributed by atoms with van der Waals surface area (Å²) in [4.78, 5) is 27.5. The third kappa shape index (κ3) is 3.64. The molecule has 1 aromatic carbocycles. The van der Waals surface area contributed by atoms with Crippen molar-refractivity contribution in [2.45, 2.75) is 6.92 Å². The summed E-state index contributed by atoms with van der Waals surface area (Å²) >= 11 is 0. The van der Waals surface area contributed by atoms with Gasteiger partial charge in [0.25, 0.3) is 5.71 Å². The molecule has 9 heteroatoms. The number of hydrogen-bond acceptors (Lipinski definition) is 5. The number of amides is 1. The fourth-order valence-corrected chi connectivity index (χ4v) is 2.66. The Hall–Kier alpha value is -4.54. The summed E-state index contributed by atoms with van der Waals surface area (Å²) in [5.41, 5.74) is 1.70. The van der Waals surface area contributed by atoms with Crippen LogP contribution in [0, 0.1) is 11.8 Å². The second-order valence-corrected chi connectivity index (χ2v) is 6.03. The summed E-state index contributed by atoms with van der Waals surface area (Å²) in [6.45, 7) is 1.71. The minimum atomic E-state index is -1.09. The van der Waals surface area contributed by atoms with Crippen molar-refractivity contribution in [3.63, 3.8) is 0 Å². The van der Waals surface area contributed by atoms with Crippen LogP contribution in [0.5, 0.6) is 0 Å². The molecular formula is C20H13N6O3+. The lowest BCUT2D eigenvalue weighted by Gasteiger charge is -2.01. The molecule has 140 valence electrons. The summed E-state index contributed by atoms with van der Waals surface area (Å²) in [5, 5.41) is 19.8. The Balaban J connectivity index is 1.58. The van der Waals surface area contributed by atoms with Gasteiger partial charge in [0.05, 0.1) is 6.92 Å². The van der Waals surface area contributed by atoms with Gasteiger partial charge in [-0.1, -0.05) is 12.0 Å². The van der Waals surface area contributed by atoms with Gasteiger partial charge in [0, 0.05) is 17.4 Å². The molecule has 3 heterocycles. The Morgan fingerprint density at radius 2 is 2.03 bits per heavy atom. The number of hydrogen-bond donors (Lipinski definition) is 2. The molecule has 0 saturated heterocycles. The number of rotatable bonds is 3. The maximum atomic E-state index is 12.2. The number of carbonyl (C=O) groups excluding carboxylic acids is 1. The molecule has 0 aliphatic carbocycles. The van der Waals surface area contributed by atoms with Gasteiger partial charge < -0.3 is 10.4 Å². The second kappa shape index (κ2) is 7.23. The van der Waals surface area contributed by atoms with E-state index in [4.69, 9.17) is 0 Å². The van der Waals surface area contributed by atoms with Crippen LogP contribution in [0.25, 0.3) is 5.65 Å². The number of anilines is 1. The molecule has 0 unspecified atom stereocenters. The van der Waals surface area contributed by atoms with E-state index in [2.05, 4.69) is 37.0 Å². The molecule has 2 N–H and O–H groups in total. The first-order valence-corrected chi connectivity index (χ1v) is 8.48. The van der Waals surface area contributed by atoms with Crippen LogP contribution < -0.4 is 9.98 Å². The van der Waals surface area contributed by atoms with Gasteiger partial charge in [0.1, 0.15) is 5.56 Å². The molecule has 9 nitrogen and oxygen atoms in total. The molecule has 29 heavy (non-hydrogen) atoms. The van der Waals surface area contributed by atoms with Gasteiger partial charge in [0.2, 0.25) is 12.0 Å². The third-order valence-corrected chi connectivity index (χ3v) is 3.99. The quantitative estimate of drug-likeness (QED) is 0.509. The smallest absolute Gasteiger partial charge is 0.387 e. The molecule has 2 aromatic heterocycles. The second-order valence-electron chi connectivity index (χ2n) is 6.03. The van der Waals surface area contributed by atoms with E-state index in [1.807, 2.05) is 0 Å². The van der Waals surface area contributed by atoms with Crippen molar-refractivity contribution in [3.8, 4) is 11.8 Å². The summed E-state index contributed by atoms with van der Waals surface area (Å²) < 4.78 is 5.46. The number of benzene rings is 1. The number of aliphatic imine (C=N–C) groups is 1. The van der Waals surface area contributed by atoms with E-state index in [9.17, 15) is 14.7 Å². The molecule has 0 radical (unpaired) electrons. The van der Waals surface area contributed by atoms with Gasteiger partial charge in [-0.15, -0.1) is 10.2 Å². The minimum Gasteiger partial charge on any atom is -0.478 e. The number of nitrogens with zero attached hydrogens (tertiary/aromatic N) is 5. The maximum absolute atomic E-state index is 12.2. The van der Waals surface area contributed by atoms with Crippen LogP contribution in [0.4, 0.5) is 5.69 Å². The molecule has 0 atom stereocenters. The fourth-order valence-electron chi connectivity index (χ4n) is 2.66. The number of carboxylic acids is 1. The lowest BCUT2D eigenvalue weighted by molar-refractivity contribution is -0.110. The summed E-state index contributed by atoms with van der Waals surface area (Å²) in [7, 11) is 0. The first-order valence-electron chi connectivity index (χ1n) is 8.48.